The fourth-order valence-electron chi connectivity index (χ4n) is 2.33. The summed E-state index contributed by atoms with van der Waals surface area (Å²) >= 11 is 8.11. The summed E-state index contributed by atoms with van der Waals surface area (Å²) in [7, 11) is -3.94. The molecule has 0 atom stereocenters. The Bertz CT molecular complexity index is 1080. The number of benzene rings is 1. The van der Waals surface area contributed by atoms with Crippen molar-refractivity contribution in [2.45, 2.75) is 24.5 Å². The lowest BCUT2D eigenvalue weighted by atomic mass is 10.1. The minimum Gasteiger partial charge on any atom is -0.254 e. The topological polar surface area (TPSA) is 59.1 Å². The summed E-state index contributed by atoms with van der Waals surface area (Å²) in [6.07, 6.45) is 0.749. The minimum absolute atomic E-state index is 0.0550. The van der Waals surface area contributed by atoms with Gasteiger partial charge in [-0.1, -0.05) is 18.5 Å². The van der Waals surface area contributed by atoms with Crippen molar-refractivity contribution in [1.29, 1.82) is 0 Å². The quantitative estimate of drug-likeness (QED) is 0.578. The molecule has 0 amide bonds. The van der Waals surface area contributed by atoms with E-state index >= 15 is 0 Å². The van der Waals surface area contributed by atoms with Crippen LogP contribution < -0.4 is 4.72 Å². The molecule has 0 spiro atoms. The van der Waals surface area contributed by atoms with E-state index in [0.717, 1.165) is 46.5 Å². The summed E-state index contributed by atoms with van der Waals surface area (Å²) in [6.45, 7) is 3.76. The Morgan fingerprint density at radius 1 is 1.19 bits per heavy atom. The van der Waals surface area contributed by atoms with Crippen molar-refractivity contribution in [2.24, 2.45) is 0 Å². The van der Waals surface area contributed by atoms with Gasteiger partial charge in [-0.25, -0.2) is 22.2 Å². The number of anilines is 1. The maximum Gasteiger partial charge on any atom is 0.273 e. The predicted molar refractivity (Wildman–Crippen MR) is 102 cm³/mol. The van der Waals surface area contributed by atoms with Crippen LogP contribution in [0.5, 0.6) is 0 Å². The first-order valence-corrected chi connectivity index (χ1v) is 10.9. The second-order valence-corrected chi connectivity index (χ2v) is 10.0. The molecule has 0 aliphatic carbocycles. The molecule has 10 heteroatoms. The van der Waals surface area contributed by atoms with Gasteiger partial charge in [0.2, 0.25) is 0 Å². The van der Waals surface area contributed by atoms with Crippen LogP contribution in [0.4, 0.5) is 13.9 Å². The predicted octanol–water partition coefficient (Wildman–Crippen LogP) is 5.47. The molecule has 2 aromatic heterocycles. The Morgan fingerprint density at radius 2 is 1.92 bits per heavy atom. The van der Waals surface area contributed by atoms with E-state index in [2.05, 4.69) is 9.71 Å². The average molecular weight is 435 g/mol. The normalized spacial score (nSPS) is 11.7. The summed E-state index contributed by atoms with van der Waals surface area (Å²) in [5.41, 5.74) is 0.798. The molecule has 26 heavy (non-hydrogen) atoms. The van der Waals surface area contributed by atoms with E-state index in [9.17, 15) is 17.2 Å². The Balaban J connectivity index is 1.97. The highest BCUT2D eigenvalue weighted by Crippen LogP contribution is 2.39. The highest BCUT2D eigenvalue weighted by molar-refractivity contribution is 7.95. The molecule has 0 bridgehead atoms. The van der Waals surface area contributed by atoms with Crippen LogP contribution in [-0.2, 0) is 16.4 Å². The summed E-state index contributed by atoms with van der Waals surface area (Å²) in [5.74, 6) is -1.33. The van der Waals surface area contributed by atoms with E-state index in [-0.39, 0.29) is 24.8 Å². The van der Waals surface area contributed by atoms with E-state index in [4.69, 9.17) is 11.6 Å². The van der Waals surface area contributed by atoms with E-state index < -0.39 is 21.7 Å². The summed E-state index contributed by atoms with van der Waals surface area (Å²) < 4.78 is 55.0. The van der Waals surface area contributed by atoms with Crippen molar-refractivity contribution >= 4 is 49.4 Å². The maximum atomic E-state index is 14.0. The zero-order chi connectivity index (χ0) is 19.1. The number of nitrogens with one attached hydrogen (secondary N) is 1. The standard InChI is InChI=1S/C16H13ClF2N2O2S3/c1-3-13-8(2)20-16(24-13)21-26(22,23)14-7-11(15(17)25-14)10-6-9(18)4-5-12(10)19/h4-7H,3H2,1-2H3,(H,20,21). The highest BCUT2D eigenvalue weighted by Gasteiger charge is 2.23. The zero-order valence-electron chi connectivity index (χ0n) is 13.6. The van der Waals surface area contributed by atoms with Crippen molar-refractivity contribution < 1.29 is 17.2 Å². The summed E-state index contributed by atoms with van der Waals surface area (Å²) in [5, 5.41) is 0.252. The molecular formula is C16H13ClF2N2O2S3. The van der Waals surface area contributed by atoms with Crippen LogP contribution >= 0.6 is 34.3 Å². The van der Waals surface area contributed by atoms with Crippen molar-refractivity contribution in [1.82, 2.24) is 4.98 Å². The number of halogens is 3. The first kappa shape index (κ1) is 19.2. The molecule has 3 rings (SSSR count). The Labute approximate surface area is 162 Å². The molecule has 0 aliphatic heterocycles. The number of thiophene rings is 1. The number of hydrogen-bond acceptors (Lipinski definition) is 5. The molecule has 0 aliphatic rings. The van der Waals surface area contributed by atoms with Gasteiger partial charge < -0.3 is 0 Å². The van der Waals surface area contributed by atoms with Crippen LogP contribution in [0.25, 0.3) is 11.1 Å². The van der Waals surface area contributed by atoms with E-state index in [1.165, 1.54) is 17.4 Å². The second-order valence-electron chi connectivity index (χ2n) is 5.36. The third kappa shape index (κ3) is 3.75. The van der Waals surface area contributed by atoms with Crippen LogP contribution in [0.2, 0.25) is 4.34 Å². The monoisotopic (exact) mass is 434 g/mol. The van der Waals surface area contributed by atoms with Crippen LogP contribution in [0.1, 0.15) is 17.5 Å². The SMILES string of the molecule is CCc1sc(NS(=O)(=O)c2cc(-c3cc(F)ccc3F)c(Cl)s2)nc1C. The van der Waals surface area contributed by atoms with Gasteiger partial charge in [-0.15, -0.1) is 22.7 Å². The zero-order valence-corrected chi connectivity index (χ0v) is 16.8. The lowest BCUT2D eigenvalue weighted by Gasteiger charge is -2.02. The number of nitrogens with zero attached hydrogens (tertiary/aromatic N) is 1. The largest absolute Gasteiger partial charge is 0.273 e. The van der Waals surface area contributed by atoms with Crippen molar-refractivity contribution in [3.8, 4) is 11.1 Å². The van der Waals surface area contributed by atoms with Crippen molar-refractivity contribution in [2.75, 3.05) is 4.72 Å². The highest BCUT2D eigenvalue weighted by atomic mass is 35.5. The molecular weight excluding hydrogens is 422 g/mol. The van der Waals surface area contributed by atoms with E-state index in [1.54, 1.807) is 6.92 Å². The third-order valence-corrected chi connectivity index (χ3v) is 8.10. The van der Waals surface area contributed by atoms with Gasteiger partial charge in [0.1, 0.15) is 20.2 Å². The smallest absolute Gasteiger partial charge is 0.254 e. The Hall–Kier alpha value is -1.55. The number of thiazole rings is 1. The van der Waals surface area contributed by atoms with Crippen molar-refractivity contribution in [3.05, 3.63) is 50.8 Å². The number of hydrogen-bond donors (Lipinski definition) is 1. The van der Waals surface area contributed by atoms with E-state index in [0.29, 0.717) is 0 Å². The van der Waals surface area contributed by atoms with Crippen LogP contribution in [0.3, 0.4) is 0 Å². The number of aryl methyl sites for hydroxylation is 2. The molecule has 138 valence electrons. The molecule has 0 unspecified atom stereocenters. The summed E-state index contributed by atoms with van der Waals surface area (Å²) in [4.78, 5) is 5.18. The first-order chi connectivity index (χ1) is 12.2. The number of sulfonamides is 1. The Kier molecular flexibility index (Phi) is 5.34. The lowest BCUT2D eigenvalue weighted by molar-refractivity contribution is 0.602. The fourth-order valence-corrected chi connectivity index (χ4v) is 6.22. The van der Waals surface area contributed by atoms with Crippen LogP contribution in [-0.4, -0.2) is 13.4 Å². The van der Waals surface area contributed by atoms with Gasteiger partial charge in [-0.2, -0.15) is 0 Å². The molecule has 0 fully saturated rings. The van der Waals surface area contributed by atoms with Gasteiger partial charge in [0, 0.05) is 16.0 Å². The van der Waals surface area contributed by atoms with Gasteiger partial charge in [0.25, 0.3) is 10.0 Å². The van der Waals surface area contributed by atoms with Gasteiger partial charge in [-0.05, 0) is 37.6 Å². The maximum absolute atomic E-state index is 14.0. The molecule has 0 saturated carbocycles. The summed E-state index contributed by atoms with van der Waals surface area (Å²) in [6, 6.07) is 4.16. The molecule has 1 aromatic carbocycles. The molecule has 0 saturated heterocycles. The van der Waals surface area contributed by atoms with Crippen LogP contribution in [0.15, 0.2) is 28.5 Å². The van der Waals surface area contributed by atoms with Crippen LogP contribution in [0, 0.1) is 18.6 Å². The lowest BCUT2D eigenvalue weighted by Crippen LogP contribution is -2.11. The average Bonchev–Trinajstić information content (AvgIpc) is 3.12. The number of rotatable bonds is 5. The van der Waals surface area contributed by atoms with Gasteiger partial charge >= 0.3 is 0 Å². The molecule has 4 nitrogen and oxygen atoms in total. The molecule has 1 N–H and O–H groups in total. The molecule has 2 heterocycles. The van der Waals surface area contributed by atoms with Gasteiger partial charge in [0.15, 0.2) is 5.13 Å². The first-order valence-electron chi connectivity index (χ1n) is 7.45. The minimum atomic E-state index is -3.94. The van der Waals surface area contributed by atoms with Gasteiger partial charge in [0.05, 0.1) is 5.69 Å². The van der Waals surface area contributed by atoms with Gasteiger partial charge in [-0.3, -0.25) is 4.72 Å². The fraction of sp³-hybridized carbons (Fsp3) is 0.188. The molecule has 3 aromatic rings. The Morgan fingerprint density at radius 3 is 2.58 bits per heavy atom. The second kappa shape index (κ2) is 7.22. The van der Waals surface area contributed by atoms with E-state index in [1.807, 2.05) is 6.92 Å². The molecule has 0 radical (unpaired) electrons. The number of aromatic nitrogens is 1. The third-order valence-electron chi connectivity index (χ3n) is 3.58. The van der Waals surface area contributed by atoms with Crippen molar-refractivity contribution in [3.63, 3.8) is 0 Å².